The third-order valence-electron chi connectivity index (χ3n) is 18.1. The van der Waals surface area contributed by atoms with Crippen molar-refractivity contribution < 1.29 is 0 Å². The molecule has 0 saturated carbocycles. The highest BCUT2D eigenvalue weighted by molar-refractivity contribution is 7.00. The molecule has 0 spiro atoms. The summed E-state index contributed by atoms with van der Waals surface area (Å²) < 4.78 is 0. The van der Waals surface area contributed by atoms with E-state index in [4.69, 9.17) is 0 Å². The Hall–Kier alpha value is -4.24. The van der Waals surface area contributed by atoms with Gasteiger partial charge in [-0.1, -0.05) is 141 Å². The smallest absolute Gasteiger partial charge is 0.252 e. The summed E-state index contributed by atoms with van der Waals surface area (Å²) in [6.45, 7) is 41.9. The number of benzene rings is 5. The van der Waals surface area contributed by atoms with Gasteiger partial charge in [-0.05, 0) is 205 Å². The quantitative estimate of drug-likeness (QED) is 0.154. The van der Waals surface area contributed by atoms with Gasteiger partial charge in [-0.2, -0.15) is 0 Å². The van der Waals surface area contributed by atoms with Crippen LogP contribution in [-0.2, 0) is 44.3 Å². The number of aryl methyl sites for hydroxylation is 2. The molecule has 2 heterocycles. The Labute approximate surface area is 395 Å². The lowest BCUT2D eigenvalue weighted by Gasteiger charge is -2.47. The molecule has 0 saturated heterocycles. The van der Waals surface area contributed by atoms with E-state index in [1.54, 1.807) is 0 Å². The summed E-state index contributed by atoms with van der Waals surface area (Å²) in [6.07, 6.45) is 9.31. The predicted octanol–water partition coefficient (Wildman–Crippen LogP) is 15.4. The first kappa shape index (κ1) is 44.6. The second kappa shape index (κ2) is 14.2. The molecule has 0 radical (unpaired) electrons. The van der Waals surface area contributed by atoms with E-state index in [2.05, 4.69) is 200 Å². The van der Waals surface area contributed by atoms with Crippen molar-refractivity contribution in [3.05, 3.63) is 123 Å². The molecule has 0 aromatic heterocycles. The van der Waals surface area contributed by atoms with Crippen molar-refractivity contribution in [3.63, 3.8) is 0 Å². The monoisotopic (exact) mass is 863 g/mol. The van der Waals surface area contributed by atoms with Crippen LogP contribution in [0.3, 0.4) is 0 Å². The van der Waals surface area contributed by atoms with Crippen LogP contribution in [-0.4, -0.2) is 6.71 Å². The molecule has 65 heavy (non-hydrogen) atoms. The molecule has 10 rings (SSSR count). The molecular weight excluding hydrogens is 784 g/mol. The number of anilines is 6. The molecule has 5 aliphatic rings. The van der Waals surface area contributed by atoms with Crippen molar-refractivity contribution in [2.75, 3.05) is 9.80 Å². The zero-order valence-electron chi connectivity index (χ0n) is 43.6. The van der Waals surface area contributed by atoms with Gasteiger partial charge < -0.3 is 9.80 Å². The van der Waals surface area contributed by atoms with Gasteiger partial charge in [0.2, 0.25) is 0 Å². The summed E-state index contributed by atoms with van der Waals surface area (Å²) in [7, 11) is 0. The molecule has 0 fully saturated rings. The number of rotatable bonds is 6. The largest absolute Gasteiger partial charge is 0.311 e. The van der Waals surface area contributed by atoms with Gasteiger partial charge in [-0.3, -0.25) is 0 Å². The van der Waals surface area contributed by atoms with Crippen molar-refractivity contribution in [3.8, 4) is 0 Å². The Morgan fingerprint density at radius 1 is 0.492 bits per heavy atom. The second-order valence-corrected chi connectivity index (χ2v) is 26.3. The van der Waals surface area contributed by atoms with Gasteiger partial charge in [0.1, 0.15) is 0 Å². The maximum atomic E-state index is 2.72. The maximum absolute atomic E-state index is 2.72. The highest BCUT2D eigenvalue weighted by Gasteiger charge is 2.49. The number of hydrogen-bond donors (Lipinski definition) is 0. The molecule has 3 heteroatoms. The van der Waals surface area contributed by atoms with Crippen LogP contribution in [0.25, 0.3) is 0 Å². The SMILES string of the molecule is CCCC(C)(C)c1cc2c(cc1CC)B1c3cc4c(cc3N(c3ccc5c(c3)C(C)(C)CCC5(C)C)c3cc(C)cc(c31)N2c1ccc2c(c1)C(C)(C)CCC2(C)C)C(C)(C)CC4(C)C. The first-order valence-electron chi connectivity index (χ1n) is 25.6. The molecule has 340 valence electrons. The molecule has 0 bridgehead atoms. The van der Waals surface area contributed by atoms with Crippen LogP contribution in [0.1, 0.15) is 206 Å². The van der Waals surface area contributed by atoms with Gasteiger partial charge in [0.15, 0.2) is 0 Å². The van der Waals surface area contributed by atoms with Crippen LogP contribution in [0.2, 0.25) is 0 Å². The number of hydrogen-bond acceptors (Lipinski definition) is 2. The second-order valence-electron chi connectivity index (χ2n) is 26.3. The topological polar surface area (TPSA) is 6.48 Å². The highest BCUT2D eigenvalue weighted by atomic mass is 15.2. The molecule has 2 aliphatic heterocycles. The van der Waals surface area contributed by atoms with Gasteiger partial charge in [0, 0.05) is 34.1 Å². The lowest BCUT2D eigenvalue weighted by atomic mass is 9.33. The van der Waals surface area contributed by atoms with Crippen LogP contribution < -0.4 is 26.2 Å². The van der Waals surface area contributed by atoms with Crippen molar-refractivity contribution in [2.24, 2.45) is 0 Å². The van der Waals surface area contributed by atoms with Gasteiger partial charge >= 0.3 is 0 Å². The first-order chi connectivity index (χ1) is 30.2. The summed E-state index contributed by atoms with van der Waals surface area (Å²) >= 11 is 0. The summed E-state index contributed by atoms with van der Waals surface area (Å²) in [5, 5.41) is 0. The number of fused-ring (bicyclic) bond motifs is 7. The van der Waals surface area contributed by atoms with Crippen molar-refractivity contribution in [1.82, 2.24) is 0 Å². The normalized spacial score (nSPS) is 20.9. The molecule has 5 aromatic rings. The van der Waals surface area contributed by atoms with Crippen LogP contribution in [0.5, 0.6) is 0 Å². The molecule has 3 aliphatic carbocycles. The summed E-state index contributed by atoms with van der Waals surface area (Å²) in [5.41, 5.74) is 26.5. The molecule has 0 N–H and O–H groups in total. The lowest BCUT2D eigenvalue weighted by Crippen LogP contribution is -2.62. The Bertz CT molecular complexity index is 2810. The van der Waals surface area contributed by atoms with E-state index in [1.807, 2.05) is 0 Å². The molecular formula is C62H79BN2. The van der Waals surface area contributed by atoms with Gasteiger partial charge in [-0.25, -0.2) is 0 Å². The summed E-state index contributed by atoms with van der Waals surface area (Å²) in [6, 6.07) is 31.0. The van der Waals surface area contributed by atoms with Crippen molar-refractivity contribution >= 4 is 57.2 Å². The summed E-state index contributed by atoms with van der Waals surface area (Å²) in [5.74, 6) is 0. The lowest BCUT2D eigenvalue weighted by molar-refractivity contribution is 0.332. The third-order valence-corrected chi connectivity index (χ3v) is 18.1. The number of nitrogens with zero attached hydrogens (tertiary/aromatic N) is 2. The van der Waals surface area contributed by atoms with Gasteiger partial charge in [-0.15, -0.1) is 0 Å². The average molecular weight is 863 g/mol. The van der Waals surface area contributed by atoms with Crippen molar-refractivity contribution in [1.29, 1.82) is 0 Å². The fraction of sp³-hybridized carbons (Fsp3) is 0.516. The van der Waals surface area contributed by atoms with Crippen LogP contribution in [0, 0.1) is 6.92 Å². The molecule has 5 aromatic carbocycles. The Morgan fingerprint density at radius 3 is 1.40 bits per heavy atom. The fourth-order valence-electron chi connectivity index (χ4n) is 14.4. The van der Waals surface area contributed by atoms with Crippen LogP contribution in [0.4, 0.5) is 34.1 Å². The minimum absolute atomic E-state index is 0.0488. The maximum Gasteiger partial charge on any atom is 0.252 e. The average Bonchev–Trinajstić information content (AvgIpc) is 3.41. The fourth-order valence-corrected chi connectivity index (χ4v) is 14.4. The molecule has 0 atom stereocenters. The van der Waals surface area contributed by atoms with Crippen LogP contribution >= 0.6 is 0 Å². The van der Waals surface area contributed by atoms with E-state index in [9.17, 15) is 0 Å². The Kier molecular flexibility index (Phi) is 9.71. The Morgan fingerprint density at radius 2 is 0.923 bits per heavy atom. The Balaban J connectivity index is 1.33. The molecule has 2 nitrogen and oxygen atoms in total. The highest BCUT2D eigenvalue weighted by Crippen LogP contribution is 2.55. The van der Waals surface area contributed by atoms with E-state index in [0.717, 1.165) is 19.3 Å². The van der Waals surface area contributed by atoms with E-state index >= 15 is 0 Å². The standard InChI is InChI=1S/C62H79BN2/c1-18-24-56(4,5)44-35-51-49(31-39(44)19-2)63-50-34-47-48(62(16,17)37-61(47,14)15)36-52(50)65(41-21-23-43-46(33-41)60(12,13)28-26-58(43,8)9)54-30-38(3)29-53(55(54)63)64(51)40-20-22-42-45(32-40)59(10,11)27-25-57(42,6)7/h20-23,29-36H,18-19,24-28,37H2,1-17H3. The predicted molar refractivity (Wildman–Crippen MR) is 284 cm³/mol. The minimum atomic E-state index is 0.0488. The summed E-state index contributed by atoms with van der Waals surface area (Å²) in [4.78, 5) is 5.45. The zero-order valence-corrected chi connectivity index (χ0v) is 43.6. The van der Waals surface area contributed by atoms with E-state index in [-0.39, 0.29) is 44.6 Å². The van der Waals surface area contributed by atoms with Gasteiger partial charge in [0.05, 0.1) is 0 Å². The van der Waals surface area contributed by atoms with Crippen LogP contribution in [0.15, 0.2) is 72.8 Å². The third kappa shape index (κ3) is 6.60. The van der Waals surface area contributed by atoms with E-state index in [0.29, 0.717) is 0 Å². The zero-order chi connectivity index (χ0) is 46.8. The molecule has 0 amide bonds. The van der Waals surface area contributed by atoms with E-state index < -0.39 is 0 Å². The van der Waals surface area contributed by atoms with E-state index in [1.165, 1.54) is 133 Å². The minimum Gasteiger partial charge on any atom is -0.311 e. The molecule has 0 unspecified atom stereocenters. The first-order valence-corrected chi connectivity index (χ1v) is 25.6. The van der Waals surface area contributed by atoms with Gasteiger partial charge in [0.25, 0.3) is 6.71 Å². The van der Waals surface area contributed by atoms with Crippen molar-refractivity contribution in [2.45, 2.75) is 207 Å².